The molecule has 206 valence electrons. The van der Waals surface area contributed by atoms with E-state index in [0.717, 1.165) is 0 Å². The van der Waals surface area contributed by atoms with Crippen molar-refractivity contribution in [1.82, 2.24) is 4.57 Å². The lowest BCUT2D eigenvalue weighted by Gasteiger charge is -2.26. The number of hydrogen-bond acceptors (Lipinski definition) is 10. The van der Waals surface area contributed by atoms with Crippen LogP contribution in [0, 0.1) is 0 Å². The molecule has 0 bridgehead atoms. The van der Waals surface area contributed by atoms with Gasteiger partial charge in [0, 0.05) is 5.56 Å². The van der Waals surface area contributed by atoms with Gasteiger partial charge < -0.3 is 28.4 Å². The smallest absolute Gasteiger partial charge is 0.338 e. The first-order chi connectivity index (χ1) is 18.8. The van der Waals surface area contributed by atoms with Gasteiger partial charge in [0.05, 0.1) is 64.0 Å². The molecule has 1 aliphatic heterocycles. The highest BCUT2D eigenvalue weighted by atomic mass is 32.1. The number of hydrogen-bond donors (Lipinski definition) is 0. The Balaban J connectivity index is 2.03. The van der Waals surface area contributed by atoms with Gasteiger partial charge in [-0.1, -0.05) is 23.5 Å². The molecule has 1 unspecified atom stereocenters. The number of ether oxygens (including phenoxy) is 6. The van der Waals surface area contributed by atoms with Crippen LogP contribution in [0.4, 0.5) is 0 Å². The molecule has 1 aromatic heterocycles. The second-order valence-electron chi connectivity index (χ2n) is 8.34. The molecule has 0 saturated carbocycles. The fourth-order valence-corrected chi connectivity index (χ4v) is 5.57. The maximum absolute atomic E-state index is 14.0. The van der Waals surface area contributed by atoms with Crippen molar-refractivity contribution in [3.8, 4) is 28.7 Å². The van der Waals surface area contributed by atoms with Gasteiger partial charge in [-0.05, 0) is 43.7 Å². The van der Waals surface area contributed by atoms with Crippen LogP contribution in [0.25, 0.3) is 6.08 Å². The molecule has 0 radical (unpaired) electrons. The van der Waals surface area contributed by atoms with Gasteiger partial charge in [0.25, 0.3) is 5.56 Å². The van der Waals surface area contributed by atoms with Crippen molar-refractivity contribution in [2.75, 3.05) is 42.2 Å². The molecule has 4 rings (SSSR count). The molecule has 2 aromatic carbocycles. The van der Waals surface area contributed by atoms with Crippen LogP contribution in [0.3, 0.4) is 0 Å². The Morgan fingerprint density at radius 2 is 1.62 bits per heavy atom. The number of allylic oxidation sites excluding steroid dienone is 1. The second-order valence-corrected chi connectivity index (χ2v) is 9.35. The number of para-hydroxylation sites is 1. The molecule has 0 amide bonds. The summed E-state index contributed by atoms with van der Waals surface area (Å²) in [5.74, 6) is 1.62. The Morgan fingerprint density at radius 3 is 2.18 bits per heavy atom. The van der Waals surface area contributed by atoms with E-state index in [1.54, 1.807) is 45.2 Å². The Morgan fingerprint density at radius 1 is 0.974 bits per heavy atom. The highest BCUT2D eigenvalue weighted by Gasteiger charge is 2.34. The van der Waals surface area contributed by atoms with Crippen LogP contribution in [-0.4, -0.2) is 52.7 Å². The van der Waals surface area contributed by atoms with Gasteiger partial charge in [0.1, 0.15) is 0 Å². The molecule has 0 fully saturated rings. The van der Waals surface area contributed by atoms with E-state index >= 15 is 0 Å². The second kappa shape index (κ2) is 11.6. The van der Waals surface area contributed by atoms with E-state index in [1.165, 1.54) is 44.3 Å². The average molecular weight is 555 g/mol. The van der Waals surface area contributed by atoms with E-state index in [4.69, 9.17) is 28.4 Å². The molecule has 11 heteroatoms. The summed E-state index contributed by atoms with van der Waals surface area (Å²) >= 11 is 1.20. The van der Waals surface area contributed by atoms with Gasteiger partial charge >= 0.3 is 5.97 Å². The minimum Gasteiger partial charge on any atom is -0.493 e. The summed E-state index contributed by atoms with van der Waals surface area (Å²) < 4.78 is 34.8. The number of rotatable bonds is 9. The van der Waals surface area contributed by atoms with Crippen LogP contribution < -0.4 is 38.6 Å². The van der Waals surface area contributed by atoms with Gasteiger partial charge in [-0.25, -0.2) is 9.79 Å². The van der Waals surface area contributed by atoms with E-state index in [2.05, 4.69) is 4.99 Å². The van der Waals surface area contributed by atoms with Crippen molar-refractivity contribution in [3.63, 3.8) is 0 Å². The van der Waals surface area contributed by atoms with Crippen LogP contribution >= 0.6 is 11.3 Å². The van der Waals surface area contributed by atoms with Crippen LogP contribution in [0.15, 0.2) is 51.4 Å². The summed E-state index contributed by atoms with van der Waals surface area (Å²) in [5.41, 5.74) is 1.57. The summed E-state index contributed by atoms with van der Waals surface area (Å²) in [6.07, 6.45) is 1.72. The number of carbonyl (C=O) groups is 1. The summed E-state index contributed by atoms with van der Waals surface area (Å²) in [6.45, 7) is 3.61. The van der Waals surface area contributed by atoms with Crippen LogP contribution in [0.2, 0.25) is 0 Å². The largest absolute Gasteiger partial charge is 0.493 e. The molecule has 1 atom stereocenters. The maximum atomic E-state index is 14.0. The first-order valence-corrected chi connectivity index (χ1v) is 12.9. The molecule has 3 aromatic rings. The molecule has 2 heterocycles. The first-order valence-electron chi connectivity index (χ1n) is 12.0. The van der Waals surface area contributed by atoms with Crippen molar-refractivity contribution >= 4 is 23.4 Å². The quantitative estimate of drug-likeness (QED) is 0.372. The molecule has 1 aliphatic rings. The van der Waals surface area contributed by atoms with E-state index in [9.17, 15) is 9.59 Å². The van der Waals surface area contributed by atoms with Crippen molar-refractivity contribution in [3.05, 3.63) is 72.4 Å². The molecule has 0 N–H and O–H groups in total. The van der Waals surface area contributed by atoms with Crippen molar-refractivity contribution in [1.29, 1.82) is 0 Å². The SMILES string of the molecule is CCOC(=O)C1=C(C)N=c2sc(=Cc3cccc(OC)c3OC)c(=O)n2C1c1cc(OC)c(OC)c(OC)c1. The van der Waals surface area contributed by atoms with Gasteiger partial charge in [0.15, 0.2) is 27.8 Å². The Hall–Kier alpha value is -4.25. The fraction of sp³-hybridized carbons (Fsp3) is 0.321. The number of benzene rings is 2. The maximum Gasteiger partial charge on any atom is 0.338 e. The summed E-state index contributed by atoms with van der Waals surface area (Å²) in [4.78, 5) is 32.2. The van der Waals surface area contributed by atoms with Crippen LogP contribution in [0.1, 0.15) is 31.0 Å². The van der Waals surface area contributed by atoms with E-state index in [1.807, 2.05) is 12.1 Å². The normalized spacial score (nSPS) is 14.8. The van der Waals surface area contributed by atoms with Gasteiger partial charge in [0.2, 0.25) is 5.75 Å². The highest BCUT2D eigenvalue weighted by molar-refractivity contribution is 7.07. The number of methoxy groups -OCH3 is 5. The lowest BCUT2D eigenvalue weighted by molar-refractivity contribution is -0.139. The molecule has 0 saturated heterocycles. The van der Waals surface area contributed by atoms with E-state index in [-0.39, 0.29) is 17.7 Å². The third kappa shape index (κ3) is 4.97. The Kier molecular flexibility index (Phi) is 8.29. The third-order valence-electron chi connectivity index (χ3n) is 6.24. The topological polar surface area (TPSA) is 107 Å². The zero-order valence-corrected chi connectivity index (χ0v) is 23.6. The molecular weight excluding hydrogens is 524 g/mol. The number of carbonyl (C=O) groups excluding carboxylic acids is 1. The molecule has 39 heavy (non-hydrogen) atoms. The van der Waals surface area contributed by atoms with E-state index < -0.39 is 12.0 Å². The summed E-state index contributed by atoms with van der Waals surface area (Å²) in [6, 6.07) is 7.98. The monoisotopic (exact) mass is 554 g/mol. The number of aromatic nitrogens is 1. The van der Waals surface area contributed by atoms with Gasteiger partial charge in [-0.2, -0.15) is 0 Å². The number of thiazole rings is 1. The molecular formula is C28H30N2O8S. The van der Waals surface area contributed by atoms with Crippen molar-refractivity contribution in [2.45, 2.75) is 19.9 Å². The summed E-state index contributed by atoms with van der Waals surface area (Å²) in [5, 5.41) is 0. The van der Waals surface area contributed by atoms with E-state index in [0.29, 0.717) is 54.9 Å². The minimum atomic E-state index is -0.858. The lowest BCUT2D eigenvalue weighted by atomic mass is 9.95. The third-order valence-corrected chi connectivity index (χ3v) is 7.22. The minimum absolute atomic E-state index is 0.164. The van der Waals surface area contributed by atoms with Crippen LogP contribution in [-0.2, 0) is 9.53 Å². The predicted molar refractivity (Wildman–Crippen MR) is 146 cm³/mol. The van der Waals surface area contributed by atoms with Gasteiger partial charge in [-0.15, -0.1) is 0 Å². The molecule has 0 spiro atoms. The Bertz CT molecular complexity index is 1590. The Labute approximate surface area is 229 Å². The zero-order valence-electron chi connectivity index (χ0n) is 22.8. The van der Waals surface area contributed by atoms with Crippen molar-refractivity contribution < 1.29 is 33.2 Å². The predicted octanol–water partition coefficient (Wildman–Crippen LogP) is 2.84. The summed E-state index contributed by atoms with van der Waals surface area (Å²) in [7, 11) is 7.59. The lowest BCUT2D eigenvalue weighted by Crippen LogP contribution is -2.40. The standard InChI is InChI=1S/C28H30N2O8S/c1-8-38-27(32)22-15(2)29-28-30(23(22)17-12-19(34-4)25(37-7)20(13-17)35-5)26(31)21(39-28)14-16-10-9-11-18(33-3)24(16)36-6/h9-14,23H,8H2,1-7H3. The average Bonchev–Trinajstić information content (AvgIpc) is 3.24. The molecule has 0 aliphatic carbocycles. The van der Waals surface area contributed by atoms with Crippen molar-refractivity contribution in [2.24, 2.45) is 4.99 Å². The number of esters is 1. The first kappa shape index (κ1) is 27.8. The number of nitrogens with zero attached hydrogens (tertiary/aromatic N) is 2. The van der Waals surface area contributed by atoms with Gasteiger partial charge in [-0.3, -0.25) is 9.36 Å². The zero-order chi connectivity index (χ0) is 28.3. The fourth-order valence-electron chi connectivity index (χ4n) is 4.53. The highest BCUT2D eigenvalue weighted by Crippen LogP contribution is 2.42. The number of fused-ring (bicyclic) bond motifs is 1. The van der Waals surface area contributed by atoms with Crippen LogP contribution in [0.5, 0.6) is 28.7 Å². The molecule has 10 nitrogen and oxygen atoms in total.